The summed E-state index contributed by atoms with van der Waals surface area (Å²) in [5.41, 5.74) is 0.988. The fourth-order valence-electron chi connectivity index (χ4n) is 4.97. The lowest BCUT2D eigenvalue weighted by Gasteiger charge is -2.30. The third kappa shape index (κ3) is 5.36. The molecule has 1 aliphatic heterocycles. The summed E-state index contributed by atoms with van der Waals surface area (Å²) < 4.78 is 5.38. The highest BCUT2D eigenvalue weighted by atomic mass is 16.6. The van der Waals surface area contributed by atoms with Gasteiger partial charge in [-0.2, -0.15) is 0 Å². The molecule has 0 N–H and O–H groups in total. The van der Waals surface area contributed by atoms with Gasteiger partial charge < -0.3 is 4.74 Å². The zero-order valence-electron chi connectivity index (χ0n) is 15.4. The van der Waals surface area contributed by atoms with Crippen molar-refractivity contribution in [1.82, 2.24) is 0 Å². The summed E-state index contributed by atoms with van der Waals surface area (Å²) in [4.78, 5) is 11.7. The van der Waals surface area contributed by atoms with E-state index in [1.807, 2.05) is 0 Å². The van der Waals surface area contributed by atoms with Crippen molar-refractivity contribution in [2.24, 2.45) is 11.8 Å². The van der Waals surface area contributed by atoms with Crippen molar-refractivity contribution < 1.29 is 9.53 Å². The van der Waals surface area contributed by atoms with E-state index in [0.717, 1.165) is 30.3 Å². The SMILES string of the molecule is O=C1OC(CCCC2CCCCC2)C1=CCCCC1CCCCC1. The summed E-state index contributed by atoms with van der Waals surface area (Å²) in [5, 5.41) is 0. The maximum atomic E-state index is 11.7. The van der Waals surface area contributed by atoms with Crippen molar-refractivity contribution >= 4 is 5.97 Å². The predicted octanol–water partition coefficient (Wildman–Crippen LogP) is 6.34. The number of rotatable bonds is 8. The first-order valence-electron chi connectivity index (χ1n) is 10.7. The fraction of sp³-hybridized carbons (Fsp3) is 0.864. The lowest BCUT2D eigenvalue weighted by Crippen LogP contribution is -2.36. The van der Waals surface area contributed by atoms with E-state index in [-0.39, 0.29) is 12.1 Å². The Bertz CT molecular complexity index is 414. The molecule has 0 spiro atoms. The molecule has 3 fully saturated rings. The summed E-state index contributed by atoms with van der Waals surface area (Å²) >= 11 is 0. The van der Waals surface area contributed by atoms with Gasteiger partial charge in [0.15, 0.2) is 0 Å². The van der Waals surface area contributed by atoms with Crippen LogP contribution in [0.25, 0.3) is 0 Å². The Morgan fingerprint density at radius 1 is 0.792 bits per heavy atom. The minimum Gasteiger partial charge on any atom is -0.454 e. The number of hydrogen-bond donors (Lipinski definition) is 0. The van der Waals surface area contributed by atoms with Gasteiger partial charge in [-0.1, -0.05) is 83.1 Å². The van der Waals surface area contributed by atoms with Gasteiger partial charge in [0.1, 0.15) is 6.10 Å². The first-order valence-corrected chi connectivity index (χ1v) is 10.7. The molecule has 2 heteroatoms. The molecule has 0 aromatic heterocycles. The van der Waals surface area contributed by atoms with Gasteiger partial charge in [0, 0.05) is 0 Å². The van der Waals surface area contributed by atoms with E-state index < -0.39 is 0 Å². The molecule has 2 saturated carbocycles. The molecule has 2 nitrogen and oxygen atoms in total. The van der Waals surface area contributed by atoms with Crippen LogP contribution in [-0.4, -0.2) is 12.1 Å². The topological polar surface area (TPSA) is 26.3 Å². The molecule has 1 heterocycles. The zero-order chi connectivity index (χ0) is 16.6. The Hall–Kier alpha value is -0.790. The van der Waals surface area contributed by atoms with Crippen LogP contribution >= 0.6 is 0 Å². The third-order valence-electron chi connectivity index (χ3n) is 6.54. The number of unbranched alkanes of at least 4 members (excludes halogenated alkanes) is 1. The molecular formula is C22H36O2. The van der Waals surface area contributed by atoms with Crippen LogP contribution in [0, 0.1) is 11.8 Å². The number of ether oxygens (including phenoxy) is 1. The summed E-state index contributed by atoms with van der Waals surface area (Å²) in [6.45, 7) is 0. The van der Waals surface area contributed by atoms with Crippen molar-refractivity contribution in [3.63, 3.8) is 0 Å². The number of allylic oxidation sites excluding steroid dienone is 1. The van der Waals surface area contributed by atoms with Crippen LogP contribution in [0.5, 0.6) is 0 Å². The highest BCUT2D eigenvalue weighted by Crippen LogP contribution is 2.32. The van der Waals surface area contributed by atoms with E-state index in [0.29, 0.717) is 0 Å². The zero-order valence-corrected chi connectivity index (χ0v) is 15.4. The Labute approximate surface area is 148 Å². The molecule has 136 valence electrons. The molecule has 3 aliphatic rings. The van der Waals surface area contributed by atoms with Crippen LogP contribution in [0.1, 0.15) is 103 Å². The van der Waals surface area contributed by atoms with E-state index in [9.17, 15) is 4.79 Å². The lowest BCUT2D eigenvalue weighted by atomic mass is 9.84. The molecule has 24 heavy (non-hydrogen) atoms. The number of hydrogen-bond acceptors (Lipinski definition) is 2. The van der Waals surface area contributed by atoms with E-state index in [1.165, 1.54) is 89.9 Å². The molecule has 3 rings (SSSR count). The van der Waals surface area contributed by atoms with Gasteiger partial charge >= 0.3 is 5.97 Å². The minimum atomic E-state index is -0.0460. The fourth-order valence-corrected chi connectivity index (χ4v) is 4.97. The molecule has 1 atom stereocenters. The Balaban J connectivity index is 1.30. The molecule has 0 radical (unpaired) electrons. The molecule has 1 saturated heterocycles. The second-order valence-electron chi connectivity index (χ2n) is 8.42. The molecule has 0 bridgehead atoms. The maximum Gasteiger partial charge on any atom is 0.338 e. The second-order valence-corrected chi connectivity index (χ2v) is 8.42. The molecule has 0 amide bonds. The van der Waals surface area contributed by atoms with Crippen molar-refractivity contribution in [2.45, 2.75) is 109 Å². The van der Waals surface area contributed by atoms with Crippen LogP contribution in [0.3, 0.4) is 0 Å². The van der Waals surface area contributed by atoms with Gasteiger partial charge in [-0.25, -0.2) is 4.79 Å². The third-order valence-corrected chi connectivity index (χ3v) is 6.54. The molecular weight excluding hydrogens is 296 g/mol. The molecule has 2 aliphatic carbocycles. The van der Waals surface area contributed by atoms with Crippen LogP contribution < -0.4 is 0 Å². The average molecular weight is 333 g/mol. The lowest BCUT2D eigenvalue weighted by molar-refractivity contribution is -0.156. The van der Waals surface area contributed by atoms with Gasteiger partial charge in [-0.15, -0.1) is 0 Å². The molecule has 0 aromatic carbocycles. The second kappa shape index (κ2) is 9.63. The van der Waals surface area contributed by atoms with Crippen molar-refractivity contribution in [1.29, 1.82) is 0 Å². The number of carbonyl (C=O) groups is 1. The number of esters is 1. The summed E-state index contributed by atoms with van der Waals surface area (Å²) in [6, 6.07) is 0. The standard InChI is InChI=1S/C22H36O2/c23-22-20(16-8-7-14-18-10-3-1-4-11-18)21(24-22)17-9-15-19-12-5-2-6-13-19/h16,18-19,21H,1-15,17H2. The summed E-state index contributed by atoms with van der Waals surface area (Å²) in [5.74, 6) is 1.85. The van der Waals surface area contributed by atoms with E-state index in [1.54, 1.807) is 0 Å². The molecule has 0 aromatic rings. The van der Waals surface area contributed by atoms with Crippen LogP contribution in [-0.2, 0) is 9.53 Å². The van der Waals surface area contributed by atoms with Crippen molar-refractivity contribution in [3.8, 4) is 0 Å². The largest absolute Gasteiger partial charge is 0.454 e. The maximum absolute atomic E-state index is 11.7. The van der Waals surface area contributed by atoms with E-state index >= 15 is 0 Å². The van der Waals surface area contributed by atoms with Crippen molar-refractivity contribution in [2.75, 3.05) is 0 Å². The Kier molecular flexibility index (Phi) is 7.23. The van der Waals surface area contributed by atoms with Crippen LogP contribution in [0.2, 0.25) is 0 Å². The van der Waals surface area contributed by atoms with E-state index in [2.05, 4.69) is 6.08 Å². The first kappa shape index (κ1) is 18.0. The first-order chi connectivity index (χ1) is 11.8. The minimum absolute atomic E-state index is 0.0460. The monoisotopic (exact) mass is 332 g/mol. The predicted molar refractivity (Wildman–Crippen MR) is 98.8 cm³/mol. The number of carbonyl (C=O) groups excluding carboxylic acids is 1. The highest BCUT2D eigenvalue weighted by molar-refractivity contribution is 5.95. The normalized spacial score (nSPS) is 27.9. The smallest absolute Gasteiger partial charge is 0.338 e. The van der Waals surface area contributed by atoms with E-state index in [4.69, 9.17) is 4.74 Å². The average Bonchev–Trinajstić information content (AvgIpc) is 2.62. The van der Waals surface area contributed by atoms with Gasteiger partial charge in [-0.3, -0.25) is 0 Å². The summed E-state index contributed by atoms with van der Waals surface area (Å²) in [6.07, 6.45) is 23.9. The number of cyclic esters (lactones) is 1. The quantitative estimate of drug-likeness (QED) is 0.294. The molecule has 1 unspecified atom stereocenters. The highest BCUT2D eigenvalue weighted by Gasteiger charge is 2.34. The van der Waals surface area contributed by atoms with Crippen LogP contribution in [0.4, 0.5) is 0 Å². The van der Waals surface area contributed by atoms with Gasteiger partial charge in [-0.05, 0) is 37.5 Å². The van der Waals surface area contributed by atoms with Crippen molar-refractivity contribution in [3.05, 3.63) is 11.6 Å². The van der Waals surface area contributed by atoms with Gasteiger partial charge in [0.05, 0.1) is 5.57 Å². The Morgan fingerprint density at radius 3 is 1.96 bits per heavy atom. The summed E-state index contributed by atoms with van der Waals surface area (Å²) in [7, 11) is 0. The van der Waals surface area contributed by atoms with Gasteiger partial charge in [0.2, 0.25) is 0 Å². The van der Waals surface area contributed by atoms with Gasteiger partial charge in [0.25, 0.3) is 0 Å². The Morgan fingerprint density at radius 2 is 1.38 bits per heavy atom. The van der Waals surface area contributed by atoms with Crippen LogP contribution in [0.15, 0.2) is 11.6 Å².